The number of halogens is 1. The summed E-state index contributed by atoms with van der Waals surface area (Å²) in [5, 5.41) is 0.597. The molecule has 0 saturated carbocycles. The van der Waals surface area contributed by atoms with Gasteiger partial charge in [0.2, 0.25) is 5.91 Å². The molecule has 0 unspecified atom stereocenters. The van der Waals surface area contributed by atoms with E-state index >= 15 is 0 Å². The van der Waals surface area contributed by atoms with Crippen molar-refractivity contribution >= 4 is 28.9 Å². The van der Waals surface area contributed by atoms with Gasteiger partial charge in [-0.05, 0) is 43.4 Å². The molecule has 0 radical (unpaired) electrons. The van der Waals surface area contributed by atoms with E-state index < -0.39 is 0 Å². The van der Waals surface area contributed by atoms with Gasteiger partial charge in [0.1, 0.15) is 0 Å². The zero-order chi connectivity index (χ0) is 14.0. The Labute approximate surface area is 118 Å². The maximum atomic E-state index is 10.9. The topological polar surface area (TPSA) is 72.3 Å². The Bertz CT molecular complexity index is 482. The van der Waals surface area contributed by atoms with Gasteiger partial charge >= 0.3 is 0 Å². The van der Waals surface area contributed by atoms with E-state index in [9.17, 15) is 4.79 Å². The van der Waals surface area contributed by atoms with Crippen molar-refractivity contribution < 1.29 is 4.79 Å². The third-order valence-corrected chi connectivity index (χ3v) is 4.09. The van der Waals surface area contributed by atoms with Crippen LogP contribution >= 0.6 is 11.6 Å². The molecule has 0 aliphatic carbocycles. The number of carbonyl (C=O) groups excluding carboxylic acids is 1. The highest BCUT2D eigenvalue weighted by atomic mass is 35.5. The molecule has 1 aliphatic rings. The van der Waals surface area contributed by atoms with Gasteiger partial charge in [-0.15, -0.1) is 0 Å². The Hall–Kier alpha value is -1.42. The number of nitrogens with zero attached hydrogens (tertiary/aromatic N) is 1. The van der Waals surface area contributed by atoms with E-state index in [1.807, 2.05) is 19.1 Å². The van der Waals surface area contributed by atoms with Crippen molar-refractivity contribution in [1.29, 1.82) is 0 Å². The minimum Gasteiger partial charge on any atom is -0.398 e. The molecule has 1 aromatic carbocycles. The molecule has 19 heavy (non-hydrogen) atoms. The molecular weight excluding hydrogens is 262 g/mol. The van der Waals surface area contributed by atoms with Crippen LogP contribution in [-0.4, -0.2) is 19.0 Å². The van der Waals surface area contributed by atoms with Gasteiger partial charge in [-0.25, -0.2) is 0 Å². The first-order valence-electron chi connectivity index (χ1n) is 6.56. The number of hydrogen-bond donors (Lipinski definition) is 2. The molecule has 1 fully saturated rings. The summed E-state index contributed by atoms with van der Waals surface area (Å²) in [5.41, 5.74) is 13.9. The molecule has 1 heterocycles. The van der Waals surface area contributed by atoms with E-state index in [1.54, 1.807) is 0 Å². The number of nitrogens with two attached hydrogens (primary N) is 2. The van der Waals surface area contributed by atoms with Crippen molar-refractivity contribution in [2.24, 2.45) is 11.7 Å². The molecule has 104 valence electrons. The number of hydrogen-bond acceptors (Lipinski definition) is 3. The Morgan fingerprint density at radius 3 is 2.63 bits per heavy atom. The van der Waals surface area contributed by atoms with Crippen molar-refractivity contribution in [2.45, 2.75) is 26.2 Å². The Morgan fingerprint density at radius 2 is 2.05 bits per heavy atom. The number of carbonyl (C=O) groups is 1. The van der Waals surface area contributed by atoms with E-state index in [1.165, 1.54) is 0 Å². The van der Waals surface area contributed by atoms with Gasteiger partial charge in [-0.2, -0.15) is 0 Å². The molecular formula is C14H20ClN3O. The molecule has 2 rings (SSSR count). The summed E-state index contributed by atoms with van der Waals surface area (Å²) in [6.07, 6.45) is 2.48. The number of benzene rings is 1. The van der Waals surface area contributed by atoms with Crippen molar-refractivity contribution in [3.8, 4) is 0 Å². The van der Waals surface area contributed by atoms with Crippen LogP contribution in [0, 0.1) is 12.8 Å². The first kappa shape index (κ1) is 14.0. The molecule has 4 nitrogen and oxygen atoms in total. The van der Waals surface area contributed by atoms with Crippen molar-refractivity contribution in [3.63, 3.8) is 0 Å². The minimum atomic E-state index is -0.204. The highest BCUT2D eigenvalue weighted by Crippen LogP contribution is 2.32. The molecule has 4 N–H and O–H groups in total. The van der Waals surface area contributed by atoms with Crippen molar-refractivity contribution in [2.75, 3.05) is 23.7 Å². The lowest BCUT2D eigenvalue weighted by Gasteiger charge is -2.34. The SMILES string of the molecule is Cc1cc(N)c(Cl)cc1N1CCC(CC(N)=O)CC1. The summed E-state index contributed by atoms with van der Waals surface area (Å²) in [7, 11) is 0. The van der Waals surface area contributed by atoms with Crippen LogP contribution in [0.3, 0.4) is 0 Å². The molecule has 0 spiro atoms. The molecule has 1 amide bonds. The predicted octanol–water partition coefficient (Wildman–Crippen LogP) is 2.32. The van der Waals surface area contributed by atoms with Crippen molar-refractivity contribution in [3.05, 3.63) is 22.7 Å². The number of nitrogen functional groups attached to an aromatic ring is 1. The fourth-order valence-corrected chi connectivity index (χ4v) is 2.85. The summed E-state index contributed by atoms with van der Waals surface area (Å²) in [5.74, 6) is 0.212. The molecule has 0 bridgehead atoms. The molecule has 0 atom stereocenters. The Kier molecular flexibility index (Phi) is 4.20. The zero-order valence-electron chi connectivity index (χ0n) is 11.2. The summed E-state index contributed by atoms with van der Waals surface area (Å²) >= 11 is 6.09. The smallest absolute Gasteiger partial charge is 0.217 e. The van der Waals surface area contributed by atoms with Crippen LogP contribution in [0.15, 0.2) is 12.1 Å². The normalized spacial score (nSPS) is 16.6. The largest absolute Gasteiger partial charge is 0.398 e. The fourth-order valence-electron chi connectivity index (χ4n) is 2.70. The second-order valence-corrected chi connectivity index (χ2v) is 5.67. The standard InChI is InChI=1S/C14H20ClN3O/c1-9-6-12(16)11(15)8-13(9)18-4-2-10(3-5-18)7-14(17)19/h6,8,10H,2-5,7,16H2,1H3,(H2,17,19). The highest BCUT2D eigenvalue weighted by Gasteiger charge is 2.22. The number of rotatable bonds is 3. The first-order valence-corrected chi connectivity index (χ1v) is 6.94. The lowest BCUT2D eigenvalue weighted by molar-refractivity contribution is -0.119. The molecule has 5 heteroatoms. The molecule has 1 aromatic rings. The van der Waals surface area contributed by atoms with E-state index in [-0.39, 0.29) is 5.91 Å². The average Bonchev–Trinajstić information content (AvgIpc) is 2.34. The Balaban J connectivity index is 2.05. The Morgan fingerprint density at radius 1 is 1.42 bits per heavy atom. The van der Waals surface area contributed by atoms with Crippen LogP contribution in [0.5, 0.6) is 0 Å². The maximum Gasteiger partial charge on any atom is 0.217 e. The summed E-state index contributed by atoms with van der Waals surface area (Å²) < 4.78 is 0. The van der Waals surface area contributed by atoms with Gasteiger partial charge in [0.25, 0.3) is 0 Å². The molecule has 0 aromatic heterocycles. The van der Waals surface area contributed by atoms with Crippen LogP contribution in [0.4, 0.5) is 11.4 Å². The third kappa shape index (κ3) is 3.32. The zero-order valence-corrected chi connectivity index (χ0v) is 11.9. The van der Waals surface area contributed by atoms with Crippen molar-refractivity contribution in [1.82, 2.24) is 0 Å². The predicted molar refractivity (Wildman–Crippen MR) is 79.3 cm³/mol. The van der Waals surface area contributed by atoms with Gasteiger partial charge in [-0.3, -0.25) is 4.79 Å². The van der Waals surface area contributed by atoms with Gasteiger partial charge in [0.15, 0.2) is 0 Å². The maximum absolute atomic E-state index is 10.9. The summed E-state index contributed by atoms with van der Waals surface area (Å²) in [4.78, 5) is 13.2. The van der Waals surface area contributed by atoms with E-state index in [4.69, 9.17) is 23.1 Å². The lowest BCUT2D eigenvalue weighted by atomic mass is 9.92. The minimum absolute atomic E-state index is 0.204. The number of aryl methyl sites for hydroxylation is 1. The van der Waals surface area contributed by atoms with Gasteiger partial charge < -0.3 is 16.4 Å². The molecule has 1 saturated heterocycles. The van der Waals surface area contributed by atoms with E-state index in [0.717, 1.165) is 37.2 Å². The second-order valence-electron chi connectivity index (χ2n) is 5.26. The van der Waals surface area contributed by atoms with Crippen LogP contribution in [0.25, 0.3) is 0 Å². The average molecular weight is 282 g/mol. The second kappa shape index (κ2) is 5.70. The summed E-state index contributed by atoms with van der Waals surface area (Å²) in [6.45, 7) is 3.90. The van der Waals surface area contributed by atoms with Crippen LogP contribution in [0.2, 0.25) is 5.02 Å². The van der Waals surface area contributed by atoms with Gasteiger partial charge in [0.05, 0.1) is 10.7 Å². The number of piperidine rings is 1. The first-order chi connectivity index (χ1) is 8.97. The monoisotopic (exact) mass is 281 g/mol. The summed E-state index contributed by atoms with van der Waals surface area (Å²) in [6, 6.07) is 3.84. The number of amides is 1. The van der Waals surface area contributed by atoms with Crippen LogP contribution in [-0.2, 0) is 4.79 Å². The van der Waals surface area contributed by atoms with Gasteiger partial charge in [0, 0.05) is 25.2 Å². The van der Waals surface area contributed by atoms with E-state index in [0.29, 0.717) is 23.0 Å². The van der Waals surface area contributed by atoms with Crippen LogP contribution in [0.1, 0.15) is 24.8 Å². The van der Waals surface area contributed by atoms with Gasteiger partial charge in [-0.1, -0.05) is 11.6 Å². The van der Waals surface area contributed by atoms with E-state index in [2.05, 4.69) is 4.90 Å². The number of primary amides is 1. The fraction of sp³-hybridized carbons (Fsp3) is 0.500. The quantitative estimate of drug-likeness (QED) is 0.835. The molecule has 1 aliphatic heterocycles. The highest BCUT2D eigenvalue weighted by molar-refractivity contribution is 6.33. The third-order valence-electron chi connectivity index (χ3n) is 3.76. The van der Waals surface area contributed by atoms with Crippen LogP contribution < -0.4 is 16.4 Å². The lowest BCUT2D eigenvalue weighted by Crippen LogP contribution is -2.35. The number of anilines is 2.